The van der Waals surface area contributed by atoms with E-state index in [0.29, 0.717) is 22.5 Å². The zero-order chi connectivity index (χ0) is 24.3. The maximum Gasteiger partial charge on any atom is 0.277 e. The number of anilines is 2. The van der Waals surface area contributed by atoms with Gasteiger partial charge in [0.25, 0.3) is 15.9 Å². The van der Waals surface area contributed by atoms with Crippen molar-refractivity contribution >= 4 is 27.3 Å². The summed E-state index contributed by atoms with van der Waals surface area (Å²) in [5.74, 6) is -0.674. The van der Waals surface area contributed by atoms with Gasteiger partial charge in [-0.05, 0) is 61.9 Å². The summed E-state index contributed by atoms with van der Waals surface area (Å²) in [7, 11) is -3.77. The van der Waals surface area contributed by atoms with Gasteiger partial charge in [-0.2, -0.15) is 0 Å². The molecule has 0 aliphatic heterocycles. The second-order valence-corrected chi connectivity index (χ2v) is 9.39. The number of hydrogen-bond donors (Lipinski definition) is 1. The number of aryl methyl sites for hydroxylation is 1. The number of hydrogen-bond acceptors (Lipinski definition) is 5. The maximum atomic E-state index is 13.8. The Morgan fingerprint density at radius 1 is 1.03 bits per heavy atom. The van der Waals surface area contributed by atoms with Crippen LogP contribution in [0.1, 0.15) is 23.0 Å². The smallest absolute Gasteiger partial charge is 0.277 e. The van der Waals surface area contributed by atoms with Gasteiger partial charge in [-0.3, -0.25) is 9.10 Å². The first kappa shape index (κ1) is 23.2. The van der Waals surface area contributed by atoms with Gasteiger partial charge >= 0.3 is 0 Å². The number of amides is 1. The van der Waals surface area contributed by atoms with Crippen LogP contribution in [0, 0.1) is 12.7 Å². The van der Waals surface area contributed by atoms with Crippen LogP contribution in [-0.2, 0) is 10.0 Å². The highest BCUT2D eigenvalue weighted by molar-refractivity contribution is 7.92. The SMILES string of the molecule is CCN(c1ccccc1)S(=O)(=O)c1ccc(NC(=O)c2cc(-c3ccc(C)c(F)c3)on2)cc1. The van der Waals surface area contributed by atoms with Crippen molar-refractivity contribution in [2.75, 3.05) is 16.2 Å². The fraction of sp³-hybridized carbons (Fsp3) is 0.120. The van der Waals surface area contributed by atoms with Crippen LogP contribution in [0.25, 0.3) is 11.3 Å². The molecule has 0 fully saturated rings. The first-order valence-corrected chi connectivity index (χ1v) is 12.0. The van der Waals surface area contributed by atoms with E-state index < -0.39 is 15.9 Å². The minimum atomic E-state index is -3.77. The summed E-state index contributed by atoms with van der Waals surface area (Å²) in [4.78, 5) is 12.7. The zero-order valence-corrected chi connectivity index (χ0v) is 19.3. The van der Waals surface area contributed by atoms with Gasteiger partial charge in [-0.15, -0.1) is 0 Å². The molecule has 0 spiro atoms. The van der Waals surface area contributed by atoms with Crippen LogP contribution < -0.4 is 9.62 Å². The number of nitrogens with one attached hydrogen (secondary N) is 1. The summed E-state index contributed by atoms with van der Waals surface area (Å²) in [6.07, 6.45) is 0. The van der Waals surface area contributed by atoms with Crippen LogP contribution in [0.4, 0.5) is 15.8 Å². The van der Waals surface area contributed by atoms with Crippen molar-refractivity contribution < 1.29 is 22.1 Å². The number of benzene rings is 3. The lowest BCUT2D eigenvalue weighted by Gasteiger charge is -2.23. The van der Waals surface area contributed by atoms with Gasteiger partial charge in [0.1, 0.15) is 5.82 Å². The first-order valence-electron chi connectivity index (χ1n) is 10.5. The van der Waals surface area contributed by atoms with Gasteiger partial charge in [0.15, 0.2) is 11.5 Å². The number of nitrogens with zero attached hydrogens (tertiary/aromatic N) is 2. The monoisotopic (exact) mass is 479 g/mol. The lowest BCUT2D eigenvalue weighted by Crippen LogP contribution is -2.30. The van der Waals surface area contributed by atoms with E-state index in [1.165, 1.54) is 40.7 Å². The molecule has 0 radical (unpaired) electrons. The van der Waals surface area contributed by atoms with E-state index >= 15 is 0 Å². The summed E-state index contributed by atoms with van der Waals surface area (Å²) >= 11 is 0. The van der Waals surface area contributed by atoms with E-state index in [-0.39, 0.29) is 28.7 Å². The fourth-order valence-electron chi connectivity index (χ4n) is 3.38. The average Bonchev–Trinajstić information content (AvgIpc) is 3.33. The molecule has 0 saturated heterocycles. The molecule has 1 amide bonds. The predicted molar refractivity (Wildman–Crippen MR) is 128 cm³/mol. The first-order chi connectivity index (χ1) is 16.3. The maximum absolute atomic E-state index is 13.8. The molecule has 0 unspecified atom stereocenters. The highest BCUT2D eigenvalue weighted by Gasteiger charge is 2.23. The summed E-state index contributed by atoms with van der Waals surface area (Å²) < 4.78 is 46.5. The Morgan fingerprint density at radius 3 is 2.38 bits per heavy atom. The summed E-state index contributed by atoms with van der Waals surface area (Å²) in [6.45, 7) is 3.68. The molecule has 0 aliphatic carbocycles. The van der Waals surface area contributed by atoms with E-state index in [2.05, 4.69) is 10.5 Å². The normalized spacial score (nSPS) is 11.3. The van der Waals surface area contributed by atoms with Crippen molar-refractivity contribution in [2.45, 2.75) is 18.7 Å². The number of para-hydroxylation sites is 1. The number of halogens is 1. The molecule has 7 nitrogen and oxygen atoms in total. The molecule has 3 aromatic carbocycles. The van der Waals surface area contributed by atoms with Gasteiger partial charge in [-0.25, -0.2) is 12.8 Å². The van der Waals surface area contributed by atoms with Gasteiger partial charge in [0.2, 0.25) is 0 Å². The Labute approximate surface area is 196 Å². The summed E-state index contributed by atoms with van der Waals surface area (Å²) in [5.41, 5.74) is 1.92. The van der Waals surface area contributed by atoms with Crippen molar-refractivity contribution in [3.8, 4) is 11.3 Å². The lowest BCUT2D eigenvalue weighted by atomic mass is 10.1. The van der Waals surface area contributed by atoms with Gasteiger partial charge in [0.05, 0.1) is 10.6 Å². The molecular weight excluding hydrogens is 457 g/mol. The standard InChI is InChI=1S/C25H22FN3O4S/c1-3-29(20-7-5-4-6-8-20)34(31,32)21-13-11-19(12-14-21)27-25(30)23-16-24(33-28-23)18-10-9-17(2)22(26)15-18/h4-16H,3H2,1-2H3,(H,27,30). The zero-order valence-electron chi connectivity index (χ0n) is 18.5. The van der Waals surface area contributed by atoms with E-state index in [1.54, 1.807) is 50.2 Å². The topological polar surface area (TPSA) is 92.5 Å². The van der Waals surface area contributed by atoms with E-state index in [1.807, 2.05) is 6.07 Å². The quantitative estimate of drug-likeness (QED) is 0.391. The van der Waals surface area contributed by atoms with Crippen LogP contribution >= 0.6 is 0 Å². The molecule has 0 atom stereocenters. The van der Waals surface area contributed by atoms with Crippen molar-refractivity contribution in [3.05, 3.63) is 95.9 Å². The Morgan fingerprint density at radius 2 is 1.74 bits per heavy atom. The number of carbonyl (C=O) groups excluding carboxylic acids is 1. The van der Waals surface area contributed by atoms with Crippen LogP contribution in [-0.4, -0.2) is 26.0 Å². The average molecular weight is 480 g/mol. The third-order valence-electron chi connectivity index (χ3n) is 5.23. The molecule has 174 valence electrons. The molecule has 1 N–H and O–H groups in total. The van der Waals surface area contributed by atoms with Crippen molar-refractivity contribution in [3.63, 3.8) is 0 Å². The van der Waals surface area contributed by atoms with Crippen molar-refractivity contribution in [1.29, 1.82) is 0 Å². The van der Waals surface area contributed by atoms with Gasteiger partial charge in [-0.1, -0.05) is 35.5 Å². The highest BCUT2D eigenvalue weighted by Crippen LogP contribution is 2.25. The molecule has 0 saturated carbocycles. The third-order valence-corrected chi connectivity index (χ3v) is 7.15. The Kier molecular flexibility index (Phi) is 6.47. The molecule has 34 heavy (non-hydrogen) atoms. The number of rotatable bonds is 7. The van der Waals surface area contributed by atoms with Crippen molar-refractivity contribution in [2.24, 2.45) is 0 Å². The second kappa shape index (κ2) is 9.48. The van der Waals surface area contributed by atoms with E-state index in [0.717, 1.165) is 0 Å². The third kappa shape index (κ3) is 4.69. The Balaban J connectivity index is 1.49. The van der Waals surface area contributed by atoms with E-state index in [9.17, 15) is 17.6 Å². The van der Waals surface area contributed by atoms with Gasteiger partial charge < -0.3 is 9.84 Å². The van der Waals surface area contributed by atoms with Crippen LogP contribution in [0.2, 0.25) is 0 Å². The Hall–Kier alpha value is -3.98. The van der Waals surface area contributed by atoms with Crippen molar-refractivity contribution in [1.82, 2.24) is 5.16 Å². The lowest BCUT2D eigenvalue weighted by molar-refractivity contribution is 0.101. The fourth-order valence-corrected chi connectivity index (χ4v) is 4.86. The minimum Gasteiger partial charge on any atom is -0.355 e. The summed E-state index contributed by atoms with van der Waals surface area (Å²) in [5, 5.41) is 6.41. The number of carbonyl (C=O) groups is 1. The predicted octanol–water partition coefficient (Wildman–Crippen LogP) is 5.26. The van der Waals surface area contributed by atoms with Crippen LogP contribution in [0.15, 0.2) is 88.3 Å². The molecule has 1 aromatic heterocycles. The van der Waals surface area contributed by atoms with E-state index in [4.69, 9.17) is 4.52 Å². The Bertz CT molecular complexity index is 1420. The molecule has 4 rings (SSSR count). The van der Waals surface area contributed by atoms with Crippen LogP contribution in [0.3, 0.4) is 0 Å². The molecule has 0 aliphatic rings. The molecule has 4 aromatic rings. The molecule has 1 heterocycles. The van der Waals surface area contributed by atoms with Gasteiger partial charge in [0, 0.05) is 23.9 Å². The number of sulfonamides is 1. The van der Waals surface area contributed by atoms with Crippen LogP contribution in [0.5, 0.6) is 0 Å². The molecule has 0 bridgehead atoms. The molecular formula is C25H22FN3O4S. The summed E-state index contributed by atoms with van der Waals surface area (Å²) in [6, 6.07) is 20.7. The highest BCUT2D eigenvalue weighted by atomic mass is 32.2. The second-order valence-electron chi connectivity index (χ2n) is 7.52. The minimum absolute atomic E-state index is 0.00826. The number of aromatic nitrogens is 1. The molecule has 9 heteroatoms. The largest absolute Gasteiger partial charge is 0.355 e.